The molecule has 0 spiro atoms. The summed E-state index contributed by atoms with van der Waals surface area (Å²) in [5.41, 5.74) is 2.87. The Morgan fingerprint density at radius 1 is 0.800 bits per heavy atom. The molecule has 0 aliphatic carbocycles. The van der Waals surface area contributed by atoms with Gasteiger partial charge in [-0.15, -0.1) is 12.4 Å². The van der Waals surface area contributed by atoms with Crippen LogP contribution in [0, 0.1) is 29.1 Å². The van der Waals surface area contributed by atoms with Gasteiger partial charge in [-0.25, -0.2) is 22.0 Å². The fourth-order valence-corrected chi connectivity index (χ4v) is 1.45. The summed E-state index contributed by atoms with van der Waals surface area (Å²) >= 11 is 0. The average Bonchev–Trinajstić information content (AvgIpc) is 2.42. The Bertz CT molecular complexity index is 453. The van der Waals surface area contributed by atoms with Crippen LogP contribution in [-0.4, -0.2) is 29.0 Å². The molecule has 1 rings (SSSR count). The van der Waals surface area contributed by atoms with Crippen LogP contribution in [0.4, 0.5) is 22.0 Å². The third-order valence-electron chi connectivity index (χ3n) is 2.80. The van der Waals surface area contributed by atoms with Gasteiger partial charge in [-0.2, -0.15) is 0 Å². The van der Waals surface area contributed by atoms with Crippen LogP contribution in [-0.2, 0) is 6.42 Å². The van der Waals surface area contributed by atoms with Gasteiger partial charge in [0.15, 0.2) is 23.3 Å². The Morgan fingerprint density at radius 3 is 1.50 bits per heavy atom. The molecule has 0 fully saturated rings. The minimum Gasteiger partial charge on any atom is -0.394 e. The van der Waals surface area contributed by atoms with Gasteiger partial charge in [0.1, 0.15) is 0 Å². The Morgan fingerprint density at radius 2 is 1.15 bits per heavy atom. The molecular weight excluding hydrogens is 309 g/mol. The zero-order valence-electron chi connectivity index (χ0n) is 10.1. The van der Waals surface area contributed by atoms with Crippen molar-refractivity contribution in [1.29, 1.82) is 0 Å². The number of aliphatic hydroxyl groups excluding tert-OH is 2. The normalized spacial score (nSPS) is 11.4. The van der Waals surface area contributed by atoms with Crippen molar-refractivity contribution in [3.05, 3.63) is 34.6 Å². The highest BCUT2D eigenvalue weighted by atomic mass is 35.5. The summed E-state index contributed by atoms with van der Waals surface area (Å²) in [6.45, 7) is -1.39. The third-order valence-corrected chi connectivity index (χ3v) is 2.80. The standard InChI is InChI=1S/C11H12F5NO2.ClH/c12-6-5(1-2-11(17,3-18)4-19)7(13)9(15)10(16)8(6)14;/h18-19H,1-4,17H2;1H. The molecule has 1 aromatic carbocycles. The fourth-order valence-electron chi connectivity index (χ4n) is 1.45. The SMILES string of the molecule is Cl.NC(CO)(CO)CCc1c(F)c(F)c(F)c(F)c1F. The summed E-state index contributed by atoms with van der Waals surface area (Å²) in [6.07, 6.45) is -0.957. The maximum absolute atomic E-state index is 13.3. The Hall–Kier alpha value is -0.960. The van der Waals surface area contributed by atoms with E-state index in [1.54, 1.807) is 0 Å². The van der Waals surface area contributed by atoms with Crippen molar-refractivity contribution in [2.45, 2.75) is 18.4 Å². The van der Waals surface area contributed by atoms with E-state index in [9.17, 15) is 22.0 Å². The van der Waals surface area contributed by atoms with Crippen LogP contribution in [0.1, 0.15) is 12.0 Å². The summed E-state index contributed by atoms with van der Waals surface area (Å²) in [7, 11) is 0. The smallest absolute Gasteiger partial charge is 0.200 e. The second kappa shape index (κ2) is 7.16. The number of halogens is 6. The Balaban J connectivity index is 0.00000361. The summed E-state index contributed by atoms with van der Waals surface area (Å²) in [4.78, 5) is 0. The summed E-state index contributed by atoms with van der Waals surface area (Å²) in [5, 5.41) is 17.7. The number of aliphatic hydroxyl groups is 2. The number of rotatable bonds is 5. The van der Waals surface area contributed by atoms with Crippen LogP contribution < -0.4 is 5.73 Å². The van der Waals surface area contributed by atoms with Crippen LogP contribution in [0.3, 0.4) is 0 Å². The maximum atomic E-state index is 13.3. The van der Waals surface area contributed by atoms with E-state index in [4.69, 9.17) is 15.9 Å². The molecule has 1 aromatic rings. The zero-order valence-corrected chi connectivity index (χ0v) is 10.9. The van der Waals surface area contributed by atoms with E-state index in [-0.39, 0.29) is 18.8 Å². The van der Waals surface area contributed by atoms with Gasteiger partial charge in [-0.3, -0.25) is 0 Å². The lowest BCUT2D eigenvalue weighted by molar-refractivity contribution is 0.114. The van der Waals surface area contributed by atoms with Crippen LogP contribution in [0.2, 0.25) is 0 Å². The molecule has 116 valence electrons. The molecule has 0 amide bonds. The lowest BCUT2D eigenvalue weighted by Gasteiger charge is -2.24. The highest BCUT2D eigenvalue weighted by molar-refractivity contribution is 5.85. The highest BCUT2D eigenvalue weighted by Gasteiger charge is 2.28. The first-order chi connectivity index (χ1) is 8.77. The van der Waals surface area contributed by atoms with Crippen LogP contribution in [0.25, 0.3) is 0 Å². The Labute approximate surface area is 117 Å². The predicted octanol–water partition coefficient (Wildman–Crippen LogP) is 1.42. The van der Waals surface area contributed by atoms with Gasteiger partial charge >= 0.3 is 0 Å². The van der Waals surface area contributed by atoms with Gasteiger partial charge in [0.25, 0.3) is 0 Å². The van der Waals surface area contributed by atoms with Crippen LogP contribution in [0.15, 0.2) is 0 Å². The molecule has 20 heavy (non-hydrogen) atoms. The van der Waals surface area contributed by atoms with E-state index >= 15 is 0 Å². The largest absolute Gasteiger partial charge is 0.394 e. The van der Waals surface area contributed by atoms with Crippen LogP contribution >= 0.6 is 12.4 Å². The summed E-state index contributed by atoms with van der Waals surface area (Å²) < 4.78 is 65.2. The van der Waals surface area contributed by atoms with E-state index in [1.165, 1.54) is 0 Å². The molecule has 3 nitrogen and oxygen atoms in total. The lowest BCUT2D eigenvalue weighted by Crippen LogP contribution is -2.47. The lowest BCUT2D eigenvalue weighted by atomic mass is 9.93. The van der Waals surface area contributed by atoms with E-state index < -0.39 is 59.8 Å². The number of hydrogen-bond donors (Lipinski definition) is 3. The molecule has 0 bridgehead atoms. The number of benzene rings is 1. The topological polar surface area (TPSA) is 66.5 Å². The minimum absolute atomic E-state index is 0. The minimum atomic E-state index is -2.23. The molecule has 0 unspecified atom stereocenters. The average molecular weight is 322 g/mol. The molecule has 4 N–H and O–H groups in total. The molecule has 9 heteroatoms. The molecule has 0 heterocycles. The molecule has 0 saturated carbocycles. The molecule has 0 aliphatic heterocycles. The summed E-state index contributed by atoms with van der Waals surface area (Å²) in [5.74, 6) is -10.2. The van der Waals surface area contributed by atoms with Crippen molar-refractivity contribution in [2.75, 3.05) is 13.2 Å². The second-order valence-electron chi connectivity index (χ2n) is 4.23. The van der Waals surface area contributed by atoms with Crippen molar-refractivity contribution in [2.24, 2.45) is 5.73 Å². The van der Waals surface area contributed by atoms with Gasteiger partial charge in [0.05, 0.1) is 18.8 Å². The van der Waals surface area contributed by atoms with E-state index in [0.717, 1.165) is 0 Å². The molecule has 0 aromatic heterocycles. The van der Waals surface area contributed by atoms with Gasteiger partial charge in [0.2, 0.25) is 5.82 Å². The molecule has 0 saturated heterocycles. The van der Waals surface area contributed by atoms with Crippen molar-refractivity contribution in [1.82, 2.24) is 0 Å². The first-order valence-corrected chi connectivity index (χ1v) is 5.28. The van der Waals surface area contributed by atoms with Crippen molar-refractivity contribution in [3.8, 4) is 0 Å². The molecule has 0 atom stereocenters. The van der Waals surface area contributed by atoms with Gasteiger partial charge < -0.3 is 15.9 Å². The van der Waals surface area contributed by atoms with Crippen LogP contribution in [0.5, 0.6) is 0 Å². The van der Waals surface area contributed by atoms with Crippen molar-refractivity contribution >= 4 is 12.4 Å². The monoisotopic (exact) mass is 321 g/mol. The number of hydrogen-bond acceptors (Lipinski definition) is 3. The van der Waals surface area contributed by atoms with E-state index in [1.807, 2.05) is 0 Å². The Kier molecular flexibility index (Phi) is 6.82. The zero-order chi connectivity index (χ0) is 14.8. The second-order valence-corrected chi connectivity index (χ2v) is 4.23. The quantitative estimate of drug-likeness (QED) is 0.436. The predicted molar refractivity (Wildman–Crippen MR) is 62.9 cm³/mol. The number of nitrogens with two attached hydrogens (primary N) is 1. The maximum Gasteiger partial charge on any atom is 0.200 e. The highest BCUT2D eigenvalue weighted by Crippen LogP contribution is 2.25. The molecule has 0 aliphatic rings. The summed E-state index contributed by atoms with van der Waals surface area (Å²) in [6, 6.07) is 0. The van der Waals surface area contributed by atoms with Gasteiger partial charge in [-0.05, 0) is 12.8 Å². The first-order valence-electron chi connectivity index (χ1n) is 5.28. The molecule has 0 radical (unpaired) electrons. The van der Waals surface area contributed by atoms with Gasteiger partial charge in [-0.1, -0.05) is 0 Å². The van der Waals surface area contributed by atoms with E-state index in [2.05, 4.69) is 0 Å². The van der Waals surface area contributed by atoms with E-state index in [0.29, 0.717) is 0 Å². The third kappa shape index (κ3) is 3.57. The first kappa shape index (κ1) is 19.0. The molecular formula is C11H13ClF5NO2. The fraction of sp³-hybridized carbons (Fsp3) is 0.455. The van der Waals surface area contributed by atoms with Gasteiger partial charge in [0, 0.05) is 5.56 Å². The van der Waals surface area contributed by atoms with Crippen molar-refractivity contribution < 1.29 is 32.2 Å². The van der Waals surface area contributed by atoms with Crippen molar-refractivity contribution in [3.63, 3.8) is 0 Å².